The second-order valence-electron chi connectivity index (χ2n) is 6.51. The Labute approximate surface area is 157 Å². The molecule has 0 aliphatic carbocycles. The zero-order chi connectivity index (χ0) is 19.0. The molecule has 0 unspecified atom stereocenters. The lowest BCUT2D eigenvalue weighted by Gasteiger charge is -2.07. The molecule has 0 aliphatic rings. The molecule has 0 saturated heterocycles. The first-order chi connectivity index (χ1) is 12.7. The lowest BCUT2D eigenvalue weighted by atomic mass is 10.1. The monoisotopic (exact) mass is 360 g/mol. The van der Waals surface area contributed by atoms with Crippen LogP contribution in [0.25, 0.3) is 0 Å². The van der Waals surface area contributed by atoms with E-state index in [4.69, 9.17) is 9.84 Å². The van der Waals surface area contributed by atoms with Crippen molar-refractivity contribution in [2.75, 3.05) is 6.61 Å². The van der Waals surface area contributed by atoms with Crippen LogP contribution in [-0.2, 0) is 4.74 Å². The topological polar surface area (TPSA) is 63.6 Å². The second kappa shape index (κ2) is 14.1. The van der Waals surface area contributed by atoms with E-state index in [0.717, 1.165) is 19.3 Å². The third-order valence-electron chi connectivity index (χ3n) is 4.25. The maximum Gasteiger partial charge on any atom is 0.339 e. The molecule has 0 bridgehead atoms. The zero-order valence-electron chi connectivity index (χ0n) is 15.9. The molecule has 0 aromatic heterocycles. The summed E-state index contributed by atoms with van der Waals surface area (Å²) in [6.45, 7) is 2.54. The Balaban J connectivity index is 2.04. The van der Waals surface area contributed by atoms with Crippen LogP contribution >= 0.6 is 0 Å². The van der Waals surface area contributed by atoms with Crippen LogP contribution in [0.4, 0.5) is 0 Å². The summed E-state index contributed by atoms with van der Waals surface area (Å²) >= 11 is 0. The van der Waals surface area contributed by atoms with Gasteiger partial charge in [-0.25, -0.2) is 9.59 Å². The standard InChI is InChI=1S/C22H32O4/c1-2-3-4-5-6-7-8-9-10-11-12-15-18-26-22(25)20-17-14-13-16-19(20)21(23)24/h4-5,13-14,16-17H,2-3,6-12,15,18H2,1H3,(H,23,24)/b5-4+. The van der Waals surface area contributed by atoms with Gasteiger partial charge in [0.15, 0.2) is 0 Å². The number of hydrogen-bond donors (Lipinski definition) is 1. The van der Waals surface area contributed by atoms with Gasteiger partial charge in [0, 0.05) is 0 Å². The molecule has 0 radical (unpaired) electrons. The van der Waals surface area contributed by atoms with Crippen LogP contribution in [0.1, 0.15) is 91.8 Å². The van der Waals surface area contributed by atoms with E-state index in [1.54, 1.807) is 12.1 Å². The Morgan fingerprint density at radius 1 is 0.885 bits per heavy atom. The van der Waals surface area contributed by atoms with Gasteiger partial charge < -0.3 is 9.84 Å². The predicted molar refractivity (Wildman–Crippen MR) is 105 cm³/mol. The van der Waals surface area contributed by atoms with Crippen molar-refractivity contribution in [2.45, 2.75) is 71.1 Å². The number of aromatic carboxylic acids is 1. The normalized spacial score (nSPS) is 11.0. The van der Waals surface area contributed by atoms with Crippen LogP contribution in [-0.4, -0.2) is 23.7 Å². The Kier molecular flexibility index (Phi) is 11.9. The van der Waals surface area contributed by atoms with Crippen molar-refractivity contribution in [3.63, 3.8) is 0 Å². The Morgan fingerprint density at radius 3 is 2.12 bits per heavy atom. The molecule has 0 amide bonds. The highest BCUT2D eigenvalue weighted by atomic mass is 16.5. The Bertz CT molecular complexity index is 563. The first kappa shape index (κ1) is 21.9. The molecule has 0 spiro atoms. The molecule has 0 saturated carbocycles. The minimum Gasteiger partial charge on any atom is -0.478 e. The summed E-state index contributed by atoms with van der Waals surface area (Å²) in [6, 6.07) is 6.14. The molecule has 1 aromatic carbocycles. The van der Waals surface area contributed by atoms with Gasteiger partial charge in [0.05, 0.1) is 17.7 Å². The average molecular weight is 360 g/mol. The molecule has 1 N–H and O–H groups in total. The molecular weight excluding hydrogens is 328 g/mol. The van der Waals surface area contributed by atoms with Crippen molar-refractivity contribution in [1.82, 2.24) is 0 Å². The highest BCUT2D eigenvalue weighted by Gasteiger charge is 2.16. The molecule has 4 nitrogen and oxygen atoms in total. The van der Waals surface area contributed by atoms with Crippen molar-refractivity contribution < 1.29 is 19.4 Å². The van der Waals surface area contributed by atoms with Gasteiger partial charge in [0.2, 0.25) is 0 Å². The smallest absolute Gasteiger partial charge is 0.339 e. The molecule has 144 valence electrons. The largest absolute Gasteiger partial charge is 0.478 e. The number of carboxylic acids is 1. The van der Waals surface area contributed by atoms with Crippen molar-refractivity contribution in [3.8, 4) is 0 Å². The van der Waals surface area contributed by atoms with E-state index in [9.17, 15) is 9.59 Å². The summed E-state index contributed by atoms with van der Waals surface area (Å²) in [5, 5.41) is 9.09. The van der Waals surface area contributed by atoms with E-state index in [-0.39, 0.29) is 11.1 Å². The van der Waals surface area contributed by atoms with Gasteiger partial charge in [-0.3, -0.25) is 0 Å². The molecule has 0 atom stereocenters. The Hall–Kier alpha value is -2.10. The maximum atomic E-state index is 12.0. The van der Waals surface area contributed by atoms with E-state index in [2.05, 4.69) is 19.1 Å². The SMILES string of the molecule is CCC/C=C/CCCCCCCCCOC(=O)c1ccccc1C(=O)O. The van der Waals surface area contributed by atoms with Gasteiger partial charge in [0.25, 0.3) is 0 Å². The van der Waals surface area contributed by atoms with Gasteiger partial charge in [-0.1, -0.05) is 69.7 Å². The third-order valence-corrected chi connectivity index (χ3v) is 4.25. The third kappa shape index (κ3) is 9.40. The maximum absolute atomic E-state index is 12.0. The highest BCUT2D eigenvalue weighted by Crippen LogP contribution is 2.12. The summed E-state index contributed by atoms with van der Waals surface area (Å²) in [5.74, 6) is -1.67. The predicted octanol–water partition coefficient (Wildman–Crippen LogP) is 6.02. The molecule has 4 heteroatoms. The van der Waals surface area contributed by atoms with Gasteiger partial charge in [0.1, 0.15) is 0 Å². The summed E-state index contributed by atoms with van der Waals surface area (Å²) in [6.07, 6.45) is 16.2. The number of carbonyl (C=O) groups excluding carboxylic acids is 1. The van der Waals surface area contributed by atoms with E-state index < -0.39 is 11.9 Å². The van der Waals surface area contributed by atoms with E-state index >= 15 is 0 Å². The number of unbranched alkanes of at least 4 members (excludes halogenated alkanes) is 8. The van der Waals surface area contributed by atoms with Crippen molar-refractivity contribution in [1.29, 1.82) is 0 Å². The number of benzene rings is 1. The number of esters is 1. The Morgan fingerprint density at radius 2 is 1.46 bits per heavy atom. The fraction of sp³-hybridized carbons (Fsp3) is 0.545. The lowest BCUT2D eigenvalue weighted by molar-refractivity contribution is 0.0487. The summed E-state index contributed by atoms with van der Waals surface area (Å²) in [7, 11) is 0. The minimum atomic E-state index is -1.11. The fourth-order valence-corrected chi connectivity index (χ4v) is 2.74. The summed E-state index contributed by atoms with van der Waals surface area (Å²) in [5.41, 5.74) is 0.107. The quantitative estimate of drug-likeness (QED) is 0.250. The van der Waals surface area contributed by atoms with Gasteiger partial charge >= 0.3 is 11.9 Å². The van der Waals surface area contributed by atoms with Crippen LogP contribution in [0, 0.1) is 0 Å². The minimum absolute atomic E-state index is 0.0120. The van der Waals surface area contributed by atoms with Crippen LogP contribution in [0.15, 0.2) is 36.4 Å². The van der Waals surface area contributed by atoms with Gasteiger partial charge in [-0.2, -0.15) is 0 Å². The molecule has 0 aliphatic heterocycles. The number of rotatable bonds is 14. The molecule has 1 aromatic rings. The first-order valence-electron chi connectivity index (χ1n) is 9.81. The zero-order valence-corrected chi connectivity index (χ0v) is 15.9. The number of carboxylic acid groups (broad SMARTS) is 1. The van der Waals surface area contributed by atoms with Gasteiger partial charge in [-0.15, -0.1) is 0 Å². The van der Waals surface area contributed by atoms with E-state index in [1.807, 2.05) is 0 Å². The van der Waals surface area contributed by atoms with Crippen LogP contribution in [0.5, 0.6) is 0 Å². The second-order valence-corrected chi connectivity index (χ2v) is 6.51. The average Bonchev–Trinajstić information content (AvgIpc) is 2.65. The van der Waals surface area contributed by atoms with Crippen LogP contribution in [0.2, 0.25) is 0 Å². The molecule has 0 fully saturated rings. The molecule has 0 heterocycles. The number of hydrogen-bond acceptors (Lipinski definition) is 3. The van der Waals surface area contributed by atoms with Crippen LogP contribution in [0.3, 0.4) is 0 Å². The number of ether oxygens (including phenoxy) is 1. The lowest BCUT2D eigenvalue weighted by Crippen LogP contribution is -2.12. The molecule has 26 heavy (non-hydrogen) atoms. The van der Waals surface area contributed by atoms with Crippen molar-refractivity contribution >= 4 is 11.9 Å². The summed E-state index contributed by atoms with van der Waals surface area (Å²) in [4.78, 5) is 23.1. The number of carbonyl (C=O) groups is 2. The fourth-order valence-electron chi connectivity index (χ4n) is 2.74. The van der Waals surface area contributed by atoms with E-state index in [0.29, 0.717) is 6.61 Å². The van der Waals surface area contributed by atoms with Crippen molar-refractivity contribution in [2.24, 2.45) is 0 Å². The first-order valence-corrected chi connectivity index (χ1v) is 9.81. The van der Waals surface area contributed by atoms with Crippen LogP contribution < -0.4 is 0 Å². The number of allylic oxidation sites excluding steroid dienone is 2. The molecular formula is C22H32O4. The molecule has 1 rings (SSSR count). The summed E-state index contributed by atoms with van der Waals surface area (Å²) < 4.78 is 5.20. The highest BCUT2D eigenvalue weighted by molar-refractivity contribution is 6.02. The van der Waals surface area contributed by atoms with Crippen molar-refractivity contribution in [3.05, 3.63) is 47.5 Å². The van der Waals surface area contributed by atoms with Gasteiger partial charge in [-0.05, 0) is 37.8 Å². The van der Waals surface area contributed by atoms with E-state index in [1.165, 1.54) is 57.1 Å².